The minimum Gasteiger partial charge on any atom is -0.368 e. The molecular formula is C20H24ClN3O. The molecule has 1 heterocycles. The zero-order valence-electron chi connectivity index (χ0n) is 14.7. The molecule has 1 aliphatic heterocycles. The van der Waals surface area contributed by atoms with Crippen molar-refractivity contribution in [3.05, 3.63) is 59.1 Å². The Balaban J connectivity index is 1.53. The number of hydrogen-bond acceptors (Lipinski definition) is 2. The summed E-state index contributed by atoms with van der Waals surface area (Å²) in [5.41, 5.74) is 3.26. The third kappa shape index (κ3) is 4.45. The van der Waals surface area contributed by atoms with Crippen LogP contribution in [0.2, 0.25) is 5.02 Å². The molecule has 0 unspecified atom stereocenters. The van der Waals surface area contributed by atoms with Crippen LogP contribution in [0.3, 0.4) is 0 Å². The zero-order valence-corrected chi connectivity index (χ0v) is 15.5. The van der Waals surface area contributed by atoms with Crippen LogP contribution in [0, 0.1) is 0 Å². The Morgan fingerprint density at radius 2 is 1.56 bits per heavy atom. The number of piperazine rings is 1. The first-order valence-electron chi connectivity index (χ1n) is 8.69. The van der Waals surface area contributed by atoms with Crippen molar-refractivity contribution in [1.29, 1.82) is 0 Å². The fourth-order valence-electron chi connectivity index (χ4n) is 2.97. The topological polar surface area (TPSA) is 35.6 Å². The Labute approximate surface area is 154 Å². The van der Waals surface area contributed by atoms with Crippen LogP contribution in [0.1, 0.15) is 25.3 Å². The lowest BCUT2D eigenvalue weighted by atomic mass is 10.0. The van der Waals surface area contributed by atoms with Gasteiger partial charge in [-0.25, -0.2) is 4.79 Å². The molecule has 1 N–H and O–H groups in total. The number of rotatable bonds is 3. The number of urea groups is 1. The Kier molecular flexibility index (Phi) is 5.49. The van der Waals surface area contributed by atoms with Crippen molar-refractivity contribution in [2.45, 2.75) is 19.8 Å². The van der Waals surface area contributed by atoms with Gasteiger partial charge in [0.25, 0.3) is 0 Å². The first-order chi connectivity index (χ1) is 12.0. The molecule has 2 aromatic carbocycles. The Morgan fingerprint density at radius 3 is 2.12 bits per heavy atom. The number of anilines is 2. The molecule has 0 aliphatic carbocycles. The molecule has 132 valence electrons. The number of benzene rings is 2. The van der Waals surface area contributed by atoms with E-state index in [4.69, 9.17) is 11.6 Å². The summed E-state index contributed by atoms with van der Waals surface area (Å²) < 4.78 is 0. The summed E-state index contributed by atoms with van der Waals surface area (Å²) in [6.45, 7) is 7.38. The van der Waals surface area contributed by atoms with Crippen LogP contribution < -0.4 is 10.2 Å². The molecule has 0 aromatic heterocycles. The molecule has 0 saturated carbocycles. The number of carbonyl (C=O) groups excluding carboxylic acids is 1. The highest BCUT2D eigenvalue weighted by molar-refractivity contribution is 6.30. The van der Waals surface area contributed by atoms with Crippen LogP contribution in [0.25, 0.3) is 0 Å². The molecule has 1 fully saturated rings. The van der Waals surface area contributed by atoms with Crippen molar-refractivity contribution in [2.24, 2.45) is 0 Å². The van der Waals surface area contributed by atoms with Gasteiger partial charge in [-0.3, -0.25) is 0 Å². The van der Waals surface area contributed by atoms with E-state index >= 15 is 0 Å². The average molecular weight is 358 g/mol. The first-order valence-corrected chi connectivity index (χ1v) is 9.07. The van der Waals surface area contributed by atoms with E-state index in [0.717, 1.165) is 29.5 Å². The lowest BCUT2D eigenvalue weighted by Crippen LogP contribution is -2.50. The molecule has 0 radical (unpaired) electrons. The second kappa shape index (κ2) is 7.79. The van der Waals surface area contributed by atoms with E-state index in [1.807, 2.05) is 41.3 Å². The SMILES string of the molecule is CC(C)c1ccc(NC(=O)N2CCN(c3ccc(Cl)cc3)CC2)cc1. The quantitative estimate of drug-likeness (QED) is 0.854. The van der Waals surface area contributed by atoms with Crippen molar-refractivity contribution in [3.8, 4) is 0 Å². The number of amides is 2. The standard InChI is InChI=1S/C20H24ClN3O/c1-15(2)16-3-7-18(8-4-16)22-20(25)24-13-11-23(12-14-24)19-9-5-17(21)6-10-19/h3-10,15H,11-14H2,1-2H3,(H,22,25). The Morgan fingerprint density at radius 1 is 0.960 bits per heavy atom. The van der Waals surface area contributed by atoms with Gasteiger partial charge in [0.1, 0.15) is 0 Å². The molecule has 3 rings (SSSR count). The summed E-state index contributed by atoms with van der Waals surface area (Å²) in [6.07, 6.45) is 0. The van der Waals surface area contributed by atoms with Gasteiger partial charge >= 0.3 is 6.03 Å². The predicted molar refractivity (Wildman–Crippen MR) is 105 cm³/mol. The van der Waals surface area contributed by atoms with E-state index < -0.39 is 0 Å². The highest BCUT2D eigenvalue weighted by atomic mass is 35.5. The normalized spacial score (nSPS) is 14.7. The molecule has 1 aliphatic rings. The molecule has 0 bridgehead atoms. The maximum absolute atomic E-state index is 12.5. The van der Waals surface area contributed by atoms with E-state index in [2.05, 4.69) is 36.2 Å². The monoisotopic (exact) mass is 357 g/mol. The molecule has 2 amide bonds. The van der Waals surface area contributed by atoms with Gasteiger partial charge in [0.15, 0.2) is 0 Å². The summed E-state index contributed by atoms with van der Waals surface area (Å²) >= 11 is 5.94. The van der Waals surface area contributed by atoms with E-state index in [-0.39, 0.29) is 6.03 Å². The van der Waals surface area contributed by atoms with Gasteiger partial charge in [-0.2, -0.15) is 0 Å². The van der Waals surface area contributed by atoms with Gasteiger partial charge in [0.05, 0.1) is 0 Å². The fourth-order valence-corrected chi connectivity index (χ4v) is 3.10. The molecule has 5 heteroatoms. The number of hydrogen-bond donors (Lipinski definition) is 1. The van der Waals surface area contributed by atoms with Crippen molar-refractivity contribution < 1.29 is 4.79 Å². The maximum Gasteiger partial charge on any atom is 0.321 e. The zero-order chi connectivity index (χ0) is 17.8. The lowest BCUT2D eigenvalue weighted by Gasteiger charge is -2.36. The van der Waals surface area contributed by atoms with Crippen LogP contribution in [-0.4, -0.2) is 37.1 Å². The number of nitrogens with zero attached hydrogens (tertiary/aromatic N) is 2. The molecule has 25 heavy (non-hydrogen) atoms. The first kappa shape index (κ1) is 17.6. The van der Waals surface area contributed by atoms with Gasteiger partial charge in [-0.1, -0.05) is 37.6 Å². The second-order valence-corrected chi connectivity index (χ2v) is 7.09. The van der Waals surface area contributed by atoms with Gasteiger partial charge in [0.2, 0.25) is 0 Å². The number of carbonyl (C=O) groups is 1. The van der Waals surface area contributed by atoms with Crippen molar-refractivity contribution in [3.63, 3.8) is 0 Å². The Hall–Kier alpha value is -2.20. The summed E-state index contributed by atoms with van der Waals surface area (Å²) in [5, 5.41) is 3.73. The van der Waals surface area contributed by atoms with Crippen molar-refractivity contribution >= 4 is 29.0 Å². The van der Waals surface area contributed by atoms with E-state index in [0.29, 0.717) is 19.0 Å². The number of nitrogens with one attached hydrogen (secondary N) is 1. The summed E-state index contributed by atoms with van der Waals surface area (Å²) in [6, 6.07) is 15.9. The summed E-state index contributed by atoms with van der Waals surface area (Å²) in [7, 11) is 0. The van der Waals surface area contributed by atoms with Gasteiger partial charge in [0, 0.05) is 42.6 Å². The van der Waals surface area contributed by atoms with E-state index in [1.165, 1.54) is 5.56 Å². The fraction of sp³-hybridized carbons (Fsp3) is 0.350. The predicted octanol–water partition coefficient (Wildman–Crippen LogP) is 4.82. The van der Waals surface area contributed by atoms with Gasteiger partial charge in [-0.05, 0) is 47.9 Å². The molecule has 0 atom stereocenters. The lowest BCUT2D eigenvalue weighted by molar-refractivity contribution is 0.208. The Bertz CT molecular complexity index is 705. The van der Waals surface area contributed by atoms with E-state index in [9.17, 15) is 4.79 Å². The molecule has 1 saturated heterocycles. The highest BCUT2D eigenvalue weighted by Crippen LogP contribution is 2.20. The maximum atomic E-state index is 12.5. The van der Waals surface area contributed by atoms with Gasteiger partial charge in [-0.15, -0.1) is 0 Å². The molecule has 2 aromatic rings. The van der Waals surface area contributed by atoms with Crippen molar-refractivity contribution in [1.82, 2.24) is 4.90 Å². The minimum absolute atomic E-state index is 0.0342. The third-order valence-corrected chi connectivity index (χ3v) is 4.84. The molecular weight excluding hydrogens is 334 g/mol. The van der Waals surface area contributed by atoms with Gasteiger partial charge < -0.3 is 15.1 Å². The van der Waals surface area contributed by atoms with Crippen LogP contribution >= 0.6 is 11.6 Å². The number of halogens is 1. The highest BCUT2D eigenvalue weighted by Gasteiger charge is 2.21. The third-order valence-electron chi connectivity index (χ3n) is 4.59. The van der Waals surface area contributed by atoms with E-state index in [1.54, 1.807) is 0 Å². The second-order valence-electron chi connectivity index (χ2n) is 6.66. The molecule has 0 spiro atoms. The summed E-state index contributed by atoms with van der Waals surface area (Å²) in [4.78, 5) is 16.6. The minimum atomic E-state index is -0.0342. The van der Waals surface area contributed by atoms with Crippen LogP contribution in [0.15, 0.2) is 48.5 Å². The van der Waals surface area contributed by atoms with Crippen LogP contribution in [0.5, 0.6) is 0 Å². The average Bonchev–Trinajstić information content (AvgIpc) is 2.63. The van der Waals surface area contributed by atoms with Crippen LogP contribution in [-0.2, 0) is 0 Å². The molecule has 4 nitrogen and oxygen atoms in total. The smallest absolute Gasteiger partial charge is 0.321 e. The largest absolute Gasteiger partial charge is 0.368 e. The summed E-state index contributed by atoms with van der Waals surface area (Å²) in [5.74, 6) is 0.491. The van der Waals surface area contributed by atoms with Crippen LogP contribution in [0.4, 0.5) is 16.2 Å². The van der Waals surface area contributed by atoms with Crippen molar-refractivity contribution in [2.75, 3.05) is 36.4 Å².